The Balaban J connectivity index is 0.00000137. The number of carbonyl (C=O) groups is 1. The Kier molecular flexibility index (Phi) is 9.34. The van der Waals surface area contributed by atoms with E-state index >= 15 is 0 Å². The van der Waals surface area contributed by atoms with E-state index in [9.17, 15) is 4.79 Å². The van der Waals surface area contributed by atoms with Crippen molar-refractivity contribution in [1.82, 2.24) is 15.8 Å². The lowest BCUT2D eigenvalue weighted by Gasteiger charge is -2.26. The van der Waals surface area contributed by atoms with Gasteiger partial charge in [0.2, 0.25) is 12.4 Å². The van der Waals surface area contributed by atoms with Crippen LogP contribution in [-0.2, 0) is 4.79 Å². The van der Waals surface area contributed by atoms with Crippen molar-refractivity contribution >= 4 is 12.4 Å². The number of guanidine groups is 1. The van der Waals surface area contributed by atoms with Crippen molar-refractivity contribution in [3.8, 4) is 0 Å². The normalized spacial score (nSPS) is 16.9. The molecule has 1 saturated heterocycles. The fourth-order valence-corrected chi connectivity index (χ4v) is 1.52. The molecule has 0 saturated carbocycles. The third-order valence-corrected chi connectivity index (χ3v) is 2.38. The molecule has 18 heavy (non-hydrogen) atoms. The van der Waals surface area contributed by atoms with Crippen LogP contribution in [0.5, 0.6) is 0 Å². The molecule has 0 aliphatic carbocycles. The molecule has 1 rings (SSSR count). The van der Waals surface area contributed by atoms with Gasteiger partial charge in [-0.05, 0) is 43.6 Å². The highest BCUT2D eigenvalue weighted by atomic mass is 16.1. The first-order valence-electron chi connectivity index (χ1n) is 6.03. The highest BCUT2D eigenvalue weighted by Gasteiger charge is 2.15. The summed E-state index contributed by atoms with van der Waals surface area (Å²) in [6, 6.07) is 0.137. The number of hydrogen-bond acceptors (Lipinski definition) is 3. The quantitative estimate of drug-likeness (QED) is 0.149. The molecule has 0 spiro atoms. The molecule has 1 aliphatic heterocycles. The molecule has 1 heterocycles. The van der Waals surface area contributed by atoms with Crippen molar-refractivity contribution in [3.63, 3.8) is 0 Å². The first-order chi connectivity index (χ1) is 8.76. The molecule has 8 heteroatoms. The second-order valence-corrected chi connectivity index (χ2v) is 3.56. The molecular formula is C10H21N7O. The van der Waals surface area contributed by atoms with Crippen LogP contribution in [0.1, 0.15) is 26.7 Å². The second-order valence-electron chi connectivity index (χ2n) is 3.56. The number of hydrazine groups is 1. The molecule has 0 aromatic heterocycles. The summed E-state index contributed by atoms with van der Waals surface area (Å²) in [4.78, 5) is 19.2. The minimum Gasteiger partial charge on any atom is -0.306 e. The predicted molar refractivity (Wildman–Crippen MR) is 70.8 cm³/mol. The molecule has 0 aromatic rings. The van der Waals surface area contributed by atoms with E-state index < -0.39 is 0 Å². The lowest BCUT2D eigenvalue weighted by atomic mass is 10.1. The van der Waals surface area contributed by atoms with Gasteiger partial charge in [-0.2, -0.15) is 0 Å². The van der Waals surface area contributed by atoms with Crippen molar-refractivity contribution in [2.75, 3.05) is 20.1 Å². The average molecular weight is 255 g/mol. The maximum absolute atomic E-state index is 10.1. The van der Waals surface area contributed by atoms with E-state index in [4.69, 9.17) is 5.53 Å². The number of hydrogen-bond donors (Lipinski definition) is 2. The molecule has 0 bridgehead atoms. The number of nitrogens with one attached hydrogen (secondary N) is 2. The van der Waals surface area contributed by atoms with Crippen LogP contribution >= 0.6 is 0 Å². The van der Waals surface area contributed by atoms with E-state index in [-0.39, 0.29) is 12.0 Å². The van der Waals surface area contributed by atoms with Gasteiger partial charge >= 0.3 is 0 Å². The highest BCUT2D eigenvalue weighted by Crippen LogP contribution is 2.11. The van der Waals surface area contributed by atoms with Gasteiger partial charge in [-0.3, -0.25) is 20.6 Å². The molecule has 0 atom stereocenters. The van der Waals surface area contributed by atoms with Crippen LogP contribution < -0.4 is 10.9 Å². The molecule has 0 unspecified atom stereocenters. The van der Waals surface area contributed by atoms with Gasteiger partial charge < -0.3 is 4.90 Å². The number of likely N-dealkylation sites (tertiary alicyclic amines) is 1. The lowest BCUT2D eigenvalue weighted by molar-refractivity contribution is -0.110. The largest absolute Gasteiger partial charge is 0.306 e. The lowest BCUT2D eigenvalue weighted by Crippen LogP contribution is -2.37. The van der Waals surface area contributed by atoms with Gasteiger partial charge in [0.25, 0.3) is 0 Å². The van der Waals surface area contributed by atoms with E-state index in [1.54, 1.807) is 0 Å². The summed E-state index contributed by atoms with van der Waals surface area (Å²) in [5.41, 5.74) is 12.9. The minimum absolute atomic E-state index is 0.101. The zero-order valence-corrected chi connectivity index (χ0v) is 11.1. The Labute approximate surface area is 107 Å². The minimum atomic E-state index is 0.101. The molecule has 0 aromatic carbocycles. The van der Waals surface area contributed by atoms with Crippen LogP contribution in [0.2, 0.25) is 0 Å². The Hall–Kier alpha value is -1.79. The van der Waals surface area contributed by atoms with Crippen molar-refractivity contribution in [2.24, 2.45) is 10.1 Å². The molecule has 0 radical (unpaired) electrons. The first-order valence-corrected chi connectivity index (χ1v) is 6.03. The van der Waals surface area contributed by atoms with Gasteiger partial charge in [-0.15, -0.1) is 0 Å². The summed E-state index contributed by atoms with van der Waals surface area (Å²) in [5.74, 6) is 0.101. The van der Waals surface area contributed by atoms with Gasteiger partial charge in [0.05, 0.1) is 6.04 Å². The smallest absolute Gasteiger partial charge is 0.225 e. The maximum Gasteiger partial charge on any atom is 0.225 e. The Morgan fingerprint density at radius 3 is 2.56 bits per heavy atom. The van der Waals surface area contributed by atoms with E-state index in [0.717, 1.165) is 25.9 Å². The number of aliphatic imine (C=N–C) groups is 1. The maximum atomic E-state index is 10.1. The van der Waals surface area contributed by atoms with Crippen LogP contribution in [0.25, 0.3) is 10.4 Å². The zero-order chi connectivity index (χ0) is 13.8. The molecule has 1 aliphatic rings. The standard InChI is InChI=1S/C8H15N7O.C2H6/c1-15-4-2-7(3-5-15)11-8(13-14-9)12-10-6-16;1-2/h6-7H,2-5H2,1H3,(H,10,16)(H,11,12);1-2H3. The molecule has 8 nitrogen and oxygen atoms in total. The Morgan fingerprint density at radius 2 is 2.06 bits per heavy atom. The fraction of sp³-hybridized carbons (Fsp3) is 0.800. The average Bonchev–Trinajstić information content (AvgIpc) is 2.41. The van der Waals surface area contributed by atoms with Crippen molar-refractivity contribution < 1.29 is 4.79 Å². The van der Waals surface area contributed by atoms with Gasteiger partial charge in [0, 0.05) is 4.91 Å². The molecule has 1 fully saturated rings. The van der Waals surface area contributed by atoms with Crippen LogP contribution in [0.15, 0.2) is 10.1 Å². The van der Waals surface area contributed by atoms with E-state index in [1.807, 2.05) is 13.8 Å². The number of nitrogens with zero attached hydrogens (tertiary/aromatic N) is 5. The third kappa shape index (κ3) is 6.72. The topological polar surface area (TPSA) is 105 Å². The van der Waals surface area contributed by atoms with Gasteiger partial charge in [0.15, 0.2) is 0 Å². The van der Waals surface area contributed by atoms with Crippen LogP contribution in [0.3, 0.4) is 0 Å². The summed E-state index contributed by atoms with van der Waals surface area (Å²) in [6.07, 6.45) is 2.30. The SMILES string of the molecule is CC.CN1CCC(N=C(N=[N+]=[N-])NNC=O)CC1. The van der Waals surface area contributed by atoms with Gasteiger partial charge in [-0.25, -0.2) is 0 Å². The number of amides is 1. The third-order valence-electron chi connectivity index (χ3n) is 2.38. The zero-order valence-electron chi connectivity index (χ0n) is 11.1. The number of piperidine rings is 1. The molecule has 2 N–H and O–H groups in total. The fourth-order valence-electron chi connectivity index (χ4n) is 1.52. The van der Waals surface area contributed by atoms with Crippen molar-refractivity contribution in [3.05, 3.63) is 10.4 Å². The Bertz CT molecular complexity index is 303. The predicted octanol–water partition coefficient (Wildman–Crippen LogP) is 1.02. The summed E-state index contributed by atoms with van der Waals surface area (Å²) in [7, 11) is 2.06. The second kappa shape index (κ2) is 10.4. The van der Waals surface area contributed by atoms with Crippen molar-refractivity contribution in [1.29, 1.82) is 0 Å². The number of rotatable bonds is 3. The van der Waals surface area contributed by atoms with Gasteiger partial charge in [0.1, 0.15) is 0 Å². The number of azide groups is 1. The van der Waals surface area contributed by atoms with Crippen molar-refractivity contribution in [2.45, 2.75) is 32.7 Å². The van der Waals surface area contributed by atoms with Gasteiger partial charge in [-0.1, -0.05) is 13.8 Å². The first kappa shape index (κ1) is 16.2. The van der Waals surface area contributed by atoms with E-state index in [2.05, 4.69) is 37.8 Å². The highest BCUT2D eigenvalue weighted by molar-refractivity contribution is 5.81. The van der Waals surface area contributed by atoms with E-state index in [0.29, 0.717) is 6.41 Å². The molecular weight excluding hydrogens is 234 g/mol. The number of carbonyl (C=O) groups excluding carboxylic acids is 1. The van der Waals surface area contributed by atoms with Crippen LogP contribution in [-0.4, -0.2) is 43.4 Å². The van der Waals surface area contributed by atoms with Crippen LogP contribution in [0, 0.1) is 0 Å². The summed E-state index contributed by atoms with van der Waals surface area (Å²) in [6.45, 7) is 5.94. The van der Waals surface area contributed by atoms with E-state index in [1.165, 1.54) is 0 Å². The monoisotopic (exact) mass is 255 g/mol. The van der Waals surface area contributed by atoms with Crippen LogP contribution in [0.4, 0.5) is 0 Å². The summed E-state index contributed by atoms with van der Waals surface area (Å²) in [5, 5.41) is 3.36. The summed E-state index contributed by atoms with van der Waals surface area (Å²) >= 11 is 0. The molecule has 1 amide bonds. The Morgan fingerprint density at radius 1 is 1.44 bits per heavy atom. The summed E-state index contributed by atoms with van der Waals surface area (Å²) < 4.78 is 0. The molecule has 102 valence electrons.